The summed E-state index contributed by atoms with van der Waals surface area (Å²) in [4.78, 5) is 26.1. The highest BCUT2D eigenvalue weighted by Crippen LogP contribution is 2.31. The molecule has 0 aliphatic carbocycles. The van der Waals surface area contributed by atoms with Gasteiger partial charge in [0.2, 0.25) is 0 Å². The first-order valence-electron chi connectivity index (χ1n) is 9.27. The number of nitrogens with one attached hydrogen (secondary N) is 2. The van der Waals surface area contributed by atoms with Crippen molar-refractivity contribution in [1.29, 1.82) is 0 Å². The Morgan fingerprint density at radius 2 is 1.84 bits per heavy atom. The maximum Gasteiger partial charge on any atom is 0.415 e. The number of nitrogens with zero attached hydrogens (tertiary/aromatic N) is 3. The molecule has 1 aliphatic heterocycles. The molecule has 4 rings (SSSR count). The number of benzene rings is 2. The molecule has 1 aromatic heterocycles. The predicted octanol–water partition coefficient (Wildman–Crippen LogP) is 3.80. The normalized spacial score (nSPS) is 16.8. The fourth-order valence-electron chi connectivity index (χ4n) is 3.05. The molecule has 11 heteroatoms. The second kappa shape index (κ2) is 7.94. The summed E-state index contributed by atoms with van der Waals surface area (Å²) < 4.78 is 26.0. The van der Waals surface area contributed by atoms with Gasteiger partial charge < -0.3 is 30.2 Å². The number of halogens is 1. The Morgan fingerprint density at radius 3 is 2.42 bits per heavy atom. The van der Waals surface area contributed by atoms with Gasteiger partial charge in [0.05, 0.1) is 6.54 Å². The van der Waals surface area contributed by atoms with Crippen LogP contribution in [0.2, 0.25) is 0 Å². The Balaban J connectivity index is 1.28. The molecular formula is C20H18FN5O5. The number of amides is 2. The topological polar surface area (TPSA) is 121 Å². The van der Waals surface area contributed by atoms with Crippen LogP contribution in [0.4, 0.5) is 26.4 Å². The molecule has 0 spiro atoms. The molecule has 0 fully saturated rings. The third kappa shape index (κ3) is 4.71. The Hall–Kier alpha value is -4.15. The highest BCUT2D eigenvalue weighted by Gasteiger charge is 2.41. The number of urea groups is 1. The number of fused-ring (bicyclic) bond motifs is 1. The summed E-state index contributed by atoms with van der Waals surface area (Å²) in [5.74, 6) is -0.0843. The lowest BCUT2D eigenvalue weighted by Gasteiger charge is -2.22. The molecule has 2 N–H and O–H groups in total. The number of carbonyl (C=O) groups excluding carboxylic acids is 1. The van der Waals surface area contributed by atoms with E-state index < -0.39 is 16.6 Å². The molecule has 2 heterocycles. The van der Waals surface area contributed by atoms with Crippen molar-refractivity contribution in [3.8, 4) is 11.8 Å². The van der Waals surface area contributed by atoms with E-state index >= 15 is 0 Å². The third-order valence-electron chi connectivity index (χ3n) is 4.52. The van der Waals surface area contributed by atoms with Gasteiger partial charge in [-0.2, -0.15) is 0 Å². The molecule has 0 saturated heterocycles. The van der Waals surface area contributed by atoms with Crippen molar-refractivity contribution in [2.24, 2.45) is 0 Å². The number of aromatic nitrogens is 2. The Labute approximate surface area is 175 Å². The monoisotopic (exact) mass is 427 g/mol. The summed E-state index contributed by atoms with van der Waals surface area (Å²) in [6.07, 6.45) is 1.33. The van der Waals surface area contributed by atoms with Crippen LogP contribution in [0.15, 0.2) is 54.7 Å². The van der Waals surface area contributed by atoms with Gasteiger partial charge >= 0.3 is 17.9 Å². The van der Waals surface area contributed by atoms with Crippen LogP contribution in [0.1, 0.15) is 6.92 Å². The zero-order valence-corrected chi connectivity index (χ0v) is 16.4. The highest BCUT2D eigenvalue weighted by atomic mass is 19.1. The number of imidazole rings is 1. The van der Waals surface area contributed by atoms with Crippen molar-refractivity contribution >= 4 is 23.2 Å². The van der Waals surface area contributed by atoms with E-state index in [0.29, 0.717) is 23.7 Å². The van der Waals surface area contributed by atoms with Crippen LogP contribution in [0.5, 0.6) is 11.8 Å². The van der Waals surface area contributed by atoms with E-state index in [9.17, 15) is 19.3 Å². The SMILES string of the molecule is C[C@]1(COc2ccc(NC(=O)Nc3ccc(F)cc3)cc2)Cn2cc([N+](=O)[O-])nc2O1. The number of hydrogen-bond acceptors (Lipinski definition) is 6. The van der Waals surface area contributed by atoms with Crippen molar-refractivity contribution < 1.29 is 23.6 Å². The van der Waals surface area contributed by atoms with Gasteiger partial charge in [-0.15, -0.1) is 0 Å². The number of ether oxygens (including phenoxy) is 2. The zero-order chi connectivity index (χ0) is 22.0. The van der Waals surface area contributed by atoms with Gasteiger partial charge in [-0.25, -0.2) is 9.18 Å². The maximum atomic E-state index is 12.9. The van der Waals surface area contributed by atoms with Gasteiger partial charge in [-0.3, -0.25) is 4.57 Å². The summed E-state index contributed by atoms with van der Waals surface area (Å²) in [7, 11) is 0. The average Bonchev–Trinajstić information content (AvgIpc) is 3.25. The summed E-state index contributed by atoms with van der Waals surface area (Å²) >= 11 is 0. The van der Waals surface area contributed by atoms with E-state index in [1.165, 1.54) is 30.5 Å². The second-order valence-corrected chi connectivity index (χ2v) is 7.22. The molecule has 1 atom stereocenters. The van der Waals surface area contributed by atoms with Crippen LogP contribution in [0.3, 0.4) is 0 Å². The molecule has 160 valence electrons. The first-order valence-corrected chi connectivity index (χ1v) is 9.27. The van der Waals surface area contributed by atoms with Crippen molar-refractivity contribution in [1.82, 2.24) is 9.55 Å². The lowest BCUT2D eigenvalue weighted by atomic mass is 10.1. The average molecular weight is 427 g/mol. The minimum atomic E-state index is -0.719. The molecule has 10 nitrogen and oxygen atoms in total. The number of carbonyl (C=O) groups is 1. The third-order valence-corrected chi connectivity index (χ3v) is 4.52. The molecule has 1 aliphatic rings. The summed E-state index contributed by atoms with van der Waals surface area (Å²) in [5.41, 5.74) is 0.292. The Kier molecular flexibility index (Phi) is 5.15. The van der Waals surface area contributed by atoms with E-state index in [0.717, 1.165) is 0 Å². The van der Waals surface area contributed by atoms with E-state index in [1.54, 1.807) is 28.8 Å². The summed E-state index contributed by atoms with van der Waals surface area (Å²) in [6, 6.07) is 11.9. The van der Waals surface area contributed by atoms with E-state index in [4.69, 9.17) is 9.47 Å². The number of rotatable bonds is 6. The first-order chi connectivity index (χ1) is 14.8. The largest absolute Gasteiger partial charge is 0.489 e. The van der Waals surface area contributed by atoms with E-state index in [-0.39, 0.29) is 24.3 Å². The van der Waals surface area contributed by atoms with Crippen LogP contribution in [-0.4, -0.2) is 32.7 Å². The highest BCUT2D eigenvalue weighted by molar-refractivity contribution is 5.99. The van der Waals surface area contributed by atoms with Gasteiger partial charge in [0.25, 0.3) is 0 Å². The summed E-state index contributed by atoms with van der Waals surface area (Å²) in [6.45, 7) is 2.39. The van der Waals surface area contributed by atoms with Crippen LogP contribution in [-0.2, 0) is 6.54 Å². The van der Waals surface area contributed by atoms with Crippen molar-refractivity contribution in [2.45, 2.75) is 19.1 Å². The molecular weight excluding hydrogens is 409 g/mol. The predicted molar refractivity (Wildman–Crippen MR) is 109 cm³/mol. The molecule has 2 amide bonds. The van der Waals surface area contributed by atoms with Crippen LogP contribution in [0, 0.1) is 15.9 Å². The quantitative estimate of drug-likeness (QED) is 0.456. The van der Waals surface area contributed by atoms with Gasteiger partial charge in [-0.1, -0.05) is 0 Å². The molecule has 0 unspecified atom stereocenters. The number of anilines is 2. The molecule has 0 saturated carbocycles. The minimum Gasteiger partial charge on any atom is -0.489 e. The lowest BCUT2D eigenvalue weighted by molar-refractivity contribution is -0.389. The van der Waals surface area contributed by atoms with Crippen LogP contribution >= 0.6 is 0 Å². The fourth-order valence-corrected chi connectivity index (χ4v) is 3.05. The standard InChI is InChI=1S/C20H18FN5O5/c1-20(11-25-10-17(26(28)29)24-19(25)31-20)12-30-16-8-6-15(7-9-16)23-18(27)22-14-4-2-13(21)3-5-14/h2-10H,11-12H2,1H3,(H2,22,23,27)/t20-/m1/s1. The molecule has 31 heavy (non-hydrogen) atoms. The van der Waals surface area contributed by atoms with Gasteiger partial charge in [0, 0.05) is 16.4 Å². The maximum absolute atomic E-state index is 12.9. The van der Waals surface area contributed by atoms with Gasteiger partial charge in [-0.05, 0) is 60.4 Å². The van der Waals surface area contributed by atoms with Crippen LogP contribution in [0.25, 0.3) is 0 Å². The zero-order valence-electron chi connectivity index (χ0n) is 16.4. The fraction of sp³-hybridized carbons (Fsp3) is 0.200. The van der Waals surface area contributed by atoms with Gasteiger partial charge in [0.1, 0.15) is 24.4 Å². The lowest BCUT2D eigenvalue weighted by Crippen LogP contribution is -2.38. The number of nitro groups is 1. The van der Waals surface area contributed by atoms with Crippen molar-refractivity contribution in [3.63, 3.8) is 0 Å². The smallest absolute Gasteiger partial charge is 0.415 e. The summed E-state index contributed by atoms with van der Waals surface area (Å²) in [5, 5.41) is 16.1. The van der Waals surface area contributed by atoms with E-state index in [1.807, 2.05) is 6.92 Å². The number of hydrogen-bond donors (Lipinski definition) is 2. The van der Waals surface area contributed by atoms with Gasteiger partial charge in [0.15, 0.2) is 5.60 Å². The van der Waals surface area contributed by atoms with Crippen molar-refractivity contribution in [3.05, 3.63) is 70.7 Å². The molecule has 0 radical (unpaired) electrons. The molecule has 0 bridgehead atoms. The van der Waals surface area contributed by atoms with Crippen LogP contribution < -0.4 is 20.1 Å². The Morgan fingerprint density at radius 1 is 1.23 bits per heavy atom. The molecule has 3 aromatic rings. The Bertz CT molecular complexity index is 1090. The minimum absolute atomic E-state index is 0.185. The van der Waals surface area contributed by atoms with Crippen molar-refractivity contribution in [2.75, 3.05) is 17.2 Å². The first kappa shape index (κ1) is 20.1. The second-order valence-electron chi connectivity index (χ2n) is 7.22. The van der Waals surface area contributed by atoms with E-state index in [2.05, 4.69) is 15.6 Å². The molecule has 2 aromatic carbocycles.